The lowest BCUT2D eigenvalue weighted by molar-refractivity contribution is -0.132. The summed E-state index contributed by atoms with van der Waals surface area (Å²) in [6.45, 7) is -0.132. The Balaban J connectivity index is 2.41. The molecule has 0 unspecified atom stereocenters. The molecule has 9 heteroatoms. The van der Waals surface area contributed by atoms with Gasteiger partial charge in [0.25, 0.3) is 0 Å². The number of carbonyl (C=O) groups is 1. The molecule has 0 spiro atoms. The van der Waals surface area contributed by atoms with E-state index in [1.807, 2.05) is 0 Å². The third-order valence-corrected chi connectivity index (χ3v) is 4.99. The van der Waals surface area contributed by atoms with E-state index in [-0.39, 0.29) is 19.6 Å². The predicted molar refractivity (Wildman–Crippen MR) is 67.2 cm³/mol. The van der Waals surface area contributed by atoms with Crippen LogP contribution in [0.15, 0.2) is 17.0 Å². The second-order valence-electron chi connectivity index (χ2n) is 4.43. The van der Waals surface area contributed by atoms with Crippen LogP contribution in [0.5, 0.6) is 0 Å². The summed E-state index contributed by atoms with van der Waals surface area (Å²) in [5.74, 6) is -2.76. The molecule has 1 aliphatic heterocycles. The van der Waals surface area contributed by atoms with Gasteiger partial charge < -0.3 is 10.6 Å². The highest BCUT2D eigenvalue weighted by Crippen LogP contribution is 2.26. The Morgan fingerprint density at radius 3 is 2.50 bits per heavy atom. The number of hydrogen-bond donors (Lipinski definition) is 1. The first-order valence-corrected chi connectivity index (χ1v) is 7.16. The Bertz CT molecular complexity index is 663. The minimum atomic E-state index is -4.22. The first-order valence-electron chi connectivity index (χ1n) is 5.72. The number of carbonyl (C=O) groups excluding carboxylic acids is 1. The van der Waals surface area contributed by atoms with E-state index in [1.165, 1.54) is 4.90 Å². The van der Waals surface area contributed by atoms with Crippen molar-refractivity contribution in [2.45, 2.75) is 4.90 Å². The van der Waals surface area contributed by atoms with Crippen LogP contribution < -0.4 is 5.73 Å². The summed E-state index contributed by atoms with van der Waals surface area (Å²) in [7, 11) is -2.68. The van der Waals surface area contributed by atoms with E-state index in [4.69, 9.17) is 5.73 Å². The zero-order valence-corrected chi connectivity index (χ0v) is 11.5. The van der Waals surface area contributed by atoms with Crippen molar-refractivity contribution in [2.75, 3.05) is 32.4 Å². The number of likely N-dealkylation sites (N-methyl/N-ethyl adjacent to an activating group) is 1. The van der Waals surface area contributed by atoms with Crippen molar-refractivity contribution in [1.29, 1.82) is 0 Å². The monoisotopic (exact) mass is 305 g/mol. The number of sulfonamides is 1. The second-order valence-corrected chi connectivity index (χ2v) is 6.33. The summed E-state index contributed by atoms with van der Waals surface area (Å²) in [6, 6.07) is 1.59. The van der Waals surface area contributed by atoms with E-state index in [0.717, 1.165) is 16.4 Å². The number of rotatable bonds is 2. The van der Waals surface area contributed by atoms with Crippen molar-refractivity contribution >= 4 is 21.6 Å². The maximum atomic E-state index is 13.8. The third kappa shape index (κ3) is 2.34. The molecule has 2 N–H and O–H groups in total. The molecule has 1 fully saturated rings. The van der Waals surface area contributed by atoms with Crippen LogP contribution in [0.3, 0.4) is 0 Å². The van der Waals surface area contributed by atoms with Crippen LogP contribution >= 0.6 is 0 Å². The molecule has 110 valence electrons. The average Bonchev–Trinajstić information content (AvgIpc) is 2.38. The van der Waals surface area contributed by atoms with Gasteiger partial charge in [-0.05, 0) is 12.1 Å². The van der Waals surface area contributed by atoms with Crippen LogP contribution in [-0.2, 0) is 14.8 Å². The molecular weight excluding hydrogens is 292 g/mol. The molecule has 1 aromatic carbocycles. The molecule has 1 aliphatic rings. The Labute approximate surface area is 114 Å². The highest BCUT2D eigenvalue weighted by molar-refractivity contribution is 7.89. The van der Waals surface area contributed by atoms with Crippen molar-refractivity contribution in [3.05, 3.63) is 23.8 Å². The highest BCUT2D eigenvalue weighted by Gasteiger charge is 2.34. The molecular formula is C11H13F2N3O3S. The molecule has 1 saturated heterocycles. The molecule has 1 amide bonds. The van der Waals surface area contributed by atoms with Crippen LogP contribution in [0.1, 0.15) is 0 Å². The number of halogens is 2. The molecule has 1 heterocycles. The molecule has 0 bridgehead atoms. The number of hydrogen-bond acceptors (Lipinski definition) is 4. The molecule has 6 nitrogen and oxygen atoms in total. The molecule has 0 aliphatic carbocycles. The second kappa shape index (κ2) is 4.98. The van der Waals surface area contributed by atoms with Gasteiger partial charge in [0, 0.05) is 20.1 Å². The van der Waals surface area contributed by atoms with E-state index in [9.17, 15) is 22.0 Å². The summed E-state index contributed by atoms with van der Waals surface area (Å²) in [6.07, 6.45) is 0. The SMILES string of the molecule is CN1CCN(S(=O)(=O)c2ccc(F)c(N)c2F)CC1=O. The van der Waals surface area contributed by atoms with E-state index < -0.39 is 38.1 Å². The molecule has 0 aromatic heterocycles. The summed E-state index contributed by atoms with van der Waals surface area (Å²) >= 11 is 0. The van der Waals surface area contributed by atoms with Gasteiger partial charge >= 0.3 is 0 Å². The van der Waals surface area contributed by atoms with Crippen LogP contribution in [0.25, 0.3) is 0 Å². The van der Waals surface area contributed by atoms with Gasteiger partial charge in [0.05, 0.1) is 6.54 Å². The van der Waals surface area contributed by atoms with E-state index in [2.05, 4.69) is 0 Å². The van der Waals surface area contributed by atoms with Gasteiger partial charge in [-0.2, -0.15) is 4.31 Å². The molecule has 20 heavy (non-hydrogen) atoms. The first kappa shape index (κ1) is 14.7. The maximum Gasteiger partial charge on any atom is 0.246 e. The van der Waals surface area contributed by atoms with Crippen molar-refractivity contribution in [3.8, 4) is 0 Å². The maximum absolute atomic E-state index is 13.8. The fraction of sp³-hybridized carbons (Fsp3) is 0.364. The Morgan fingerprint density at radius 2 is 1.90 bits per heavy atom. The summed E-state index contributed by atoms with van der Waals surface area (Å²) in [4.78, 5) is 12.2. The predicted octanol–water partition coefficient (Wildman–Crippen LogP) is 0.00970. The standard InChI is InChI=1S/C11H13F2N3O3S/c1-15-4-5-16(6-9(15)17)20(18,19)8-3-2-7(12)11(14)10(8)13/h2-3H,4-6,14H2,1H3. The first-order chi connectivity index (χ1) is 9.25. The Kier molecular flexibility index (Phi) is 3.65. The largest absolute Gasteiger partial charge is 0.394 e. The number of amides is 1. The van der Waals surface area contributed by atoms with Gasteiger partial charge in [-0.25, -0.2) is 17.2 Å². The normalized spacial score (nSPS) is 17.6. The van der Waals surface area contributed by atoms with E-state index in [1.54, 1.807) is 7.05 Å². The van der Waals surface area contributed by atoms with Crippen LogP contribution in [0, 0.1) is 11.6 Å². The number of piperazine rings is 1. The van der Waals surface area contributed by atoms with Gasteiger partial charge in [-0.15, -0.1) is 0 Å². The summed E-state index contributed by atoms with van der Waals surface area (Å²) in [5, 5.41) is 0. The molecule has 0 saturated carbocycles. The minimum absolute atomic E-state index is 0.0430. The average molecular weight is 305 g/mol. The van der Waals surface area contributed by atoms with Gasteiger partial charge in [-0.3, -0.25) is 4.79 Å². The topological polar surface area (TPSA) is 83.7 Å². The smallest absolute Gasteiger partial charge is 0.246 e. The van der Waals surface area contributed by atoms with E-state index in [0.29, 0.717) is 0 Å². The minimum Gasteiger partial charge on any atom is -0.394 e. The number of nitrogens with two attached hydrogens (primary N) is 1. The number of anilines is 1. The molecule has 0 atom stereocenters. The zero-order chi connectivity index (χ0) is 15.1. The quantitative estimate of drug-likeness (QED) is 0.780. The highest BCUT2D eigenvalue weighted by atomic mass is 32.2. The number of nitrogens with zero attached hydrogens (tertiary/aromatic N) is 2. The molecule has 0 radical (unpaired) electrons. The van der Waals surface area contributed by atoms with Crippen molar-refractivity contribution in [1.82, 2.24) is 9.21 Å². The summed E-state index contributed by atoms with van der Waals surface area (Å²) < 4.78 is 52.3. The number of benzene rings is 1. The van der Waals surface area contributed by atoms with Crippen molar-refractivity contribution < 1.29 is 22.0 Å². The fourth-order valence-electron chi connectivity index (χ4n) is 1.83. The van der Waals surface area contributed by atoms with Gasteiger partial charge in [0.1, 0.15) is 16.4 Å². The van der Waals surface area contributed by atoms with Gasteiger partial charge in [0.2, 0.25) is 15.9 Å². The molecule has 1 aromatic rings. The Morgan fingerprint density at radius 1 is 1.25 bits per heavy atom. The summed E-state index contributed by atoms with van der Waals surface area (Å²) in [5.41, 5.74) is 4.30. The Hall–Kier alpha value is -1.74. The fourth-order valence-corrected chi connectivity index (χ4v) is 3.29. The van der Waals surface area contributed by atoms with Crippen LogP contribution in [-0.4, -0.2) is 50.2 Å². The molecule has 2 rings (SSSR count). The third-order valence-electron chi connectivity index (χ3n) is 3.13. The van der Waals surface area contributed by atoms with Crippen molar-refractivity contribution in [2.24, 2.45) is 0 Å². The van der Waals surface area contributed by atoms with Crippen molar-refractivity contribution in [3.63, 3.8) is 0 Å². The van der Waals surface area contributed by atoms with Crippen LogP contribution in [0.2, 0.25) is 0 Å². The zero-order valence-electron chi connectivity index (χ0n) is 10.6. The number of nitrogen functional groups attached to an aromatic ring is 1. The van der Waals surface area contributed by atoms with Crippen LogP contribution in [0.4, 0.5) is 14.5 Å². The lowest BCUT2D eigenvalue weighted by atomic mass is 10.3. The van der Waals surface area contributed by atoms with E-state index >= 15 is 0 Å². The van der Waals surface area contributed by atoms with Gasteiger partial charge in [-0.1, -0.05) is 0 Å². The lowest BCUT2D eigenvalue weighted by Gasteiger charge is -2.31. The lowest BCUT2D eigenvalue weighted by Crippen LogP contribution is -2.50. The van der Waals surface area contributed by atoms with Gasteiger partial charge in [0.15, 0.2) is 5.82 Å².